The monoisotopic (exact) mass is 292 g/mol. The fourth-order valence-electron chi connectivity index (χ4n) is 3.02. The Balaban J connectivity index is 1.83. The molecule has 2 heterocycles. The lowest BCUT2D eigenvalue weighted by Gasteiger charge is -2.29. The number of rotatable bonds is 2. The van der Waals surface area contributed by atoms with Crippen molar-refractivity contribution in [1.82, 2.24) is 4.57 Å². The third kappa shape index (κ3) is 1.84. The Bertz CT molecular complexity index is 839. The molecule has 4 nitrogen and oxygen atoms in total. The fourth-order valence-corrected chi connectivity index (χ4v) is 3.02. The Morgan fingerprint density at radius 2 is 1.95 bits per heavy atom. The van der Waals surface area contributed by atoms with Gasteiger partial charge in [0.15, 0.2) is 11.5 Å². The van der Waals surface area contributed by atoms with Crippen LogP contribution in [0.15, 0.2) is 60.8 Å². The van der Waals surface area contributed by atoms with Gasteiger partial charge in [-0.3, -0.25) is 0 Å². The van der Waals surface area contributed by atoms with Crippen LogP contribution in [0, 0.1) is 0 Å². The summed E-state index contributed by atoms with van der Waals surface area (Å²) in [5.74, 6) is 0.633. The average Bonchev–Trinajstić information content (AvgIpc) is 3.04. The summed E-state index contributed by atoms with van der Waals surface area (Å²) in [6, 6.07) is 17.8. The Morgan fingerprint density at radius 3 is 2.77 bits per heavy atom. The molecule has 0 amide bonds. The van der Waals surface area contributed by atoms with E-state index in [-0.39, 0.29) is 11.8 Å². The second kappa shape index (κ2) is 4.84. The summed E-state index contributed by atoms with van der Waals surface area (Å²) in [6.45, 7) is 0. The minimum Gasteiger partial charge on any atom is -0.504 e. The van der Waals surface area contributed by atoms with Gasteiger partial charge in [-0.25, -0.2) is 0 Å². The van der Waals surface area contributed by atoms with E-state index in [2.05, 4.69) is 34.3 Å². The van der Waals surface area contributed by atoms with Gasteiger partial charge in [-0.2, -0.15) is 0 Å². The Labute approximate surface area is 128 Å². The molecule has 0 aliphatic carbocycles. The number of hydrogen-bond acceptors (Lipinski definition) is 3. The predicted molar refractivity (Wildman–Crippen MR) is 85.9 cm³/mol. The van der Waals surface area contributed by atoms with E-state index in [1.807, 2.05) is 24.3 Å². The molecule has 0 saturated heterocycles. The van der Waals surface area contributed by atoms with Crippen molar-refractivity contribution in [2.24, 2.45) is 0 Å². The first kappa shape index (κ1) is 12.8. The molecule has 110 valence electrons. The van der Waals surface area contributed by atoms with Gasteiger partial charge in [-0.15, -0.1) is 0 Å². The maximum atomic E-state index is 10.1. The van der Waals surface area contributed by atoms with Crippen molar-refractivity contribution in [3.8, 4) is 17.2 Å². The van der Waals surface area contributed by atoms with Crippen LogP contribution < -0.4 is 10.1 Å². The number of aromatic nitrogens is 1. The van der Waals surface area contributed by atoms with Crippen LogP contribution in [0.4, 0.5) is 5.69 Å². The number of anilines is 1. The van der Waals surface area contributed by atoms with E-state index in [0.29, 0.717) is 5.75 Å². The van der Waals surface area contributed by atoms with Gasteiger partial charge < -0.3 is 19.7 Å². The van der Waals surface area contributed by atoms with Crippen molar-refractivity contribution in [2.45, 2.75) is 6.04 Å². The number of hydrogen-bond donors (Lipinski definition) is 2. The minimum absolute atomic E-state index is 0.0123. The number of phenolic OH excluding ortho intramolecular Hbond substituents is 1. The van der Waals surface area contributed by atoms with Crippen LogP contribution in [0.1, 0.15) is 17.3 Å². The zero-order chi connectivity index (χ0) is 15.1. The molecule has 1 atom stereocenters. The average molecular weight is 292 g/mol. The molecule has 2 N–H and O–H groups in total. The summed E-state index contributed by atoms with van der Waals surface area (Å²) in [4.78, 5) is 0. The number of aromatic hydroxyl groups is 1. The van der Waals surface area contributed by atoms with Crippen molar-refractivity contribution in [2.75, 3.05) is 12.4 Å². The molecule has 1 aliphatic rings. The van der Waals surface area contributed by atoms with Crippen LogP contribution >= 0.6 is 0 Å². The Kier molecular flexibility index (Phi) is 2.82. The lowest BCUT2D eigenvalue weighted by atomic mass is 10.00. The fraction of sp³-hybridized carbons (Fsp3) is 0.111. The van der Waals surface area contributed by atoms with Crippen LogP contribution in [-0.2, 0) is 0 Å². The largest absolute Gasteiger partial charge is 0.504 e. The zero-order valence-corrected chi connectivity index (χ0v) is 12.2. The van der Waals surface area contributed by atoms with E-state index in [9.17, 15) is 5.11 Å². The van der Waals surface area contributed by atoms with Gasteiger partial charge in [0, 0.05) is 11.9 Å². The van der Waals surface area contributed by atoms with Crippen LogP contribution in [-0.4, -0.2) is 16.8 Å². The van der Waals surface area contributed by atoms with Crippen LogP contribution in [0.2, 0.25) is 0 Å². The van der Waals surface area contributed by atoms with Crippen molar-refractivity contribution in [1.29, 1.82) is 0 Å². The molecule has 22 heavy (non-hydrogen) atoms. The quantitative estimate of drug-likeness (QED) is 0.757. The first-order valence-electron chi connectivity index (χ1n) is 7.18. The van der Waals surface area contributed by atoms with Gasteiger partial charge in [-0.05, 0) is 42.0 Å². The molecule has 0 spiro atoms. The Hall–Kier alpha value is -2.88. The maximum Gasteiger partial charge on any atom is 0.160 e. The van der Waals surface area contributed by atoms with E-state index in [1.54, 1.807) is 19.2 Å². The number of phenols is 1. The molecule has 0 saturated carbocycles. The van der Waals surface area contributed by atoms with Crippen LogP contribution in [0.25, 0.3) is 5.69 Å². The smallest absolute Gasteiger partial charge is 0.160 e. The molecule has 2 aromatic carbocycles. The van der Waals surface area contributed by atoms with E-state index in [1.165, 1.54) is 0 Å². The second-order valence-corrected chi connectivity index (χ2v) is 5.33. The van der Waals surface area contributed by atoms with Crippen LogP contribution in [0.5, 0.6) is 11.5 Å². The van der Waals surface area contributed by atoms with Crippen molar-refractivity contribution < 1.29 is 9.84 Å². The molecule has 4 heteroatoms. The Morgan fingerprint density at radius 1 is 1.09 bits per heavy atom. The molecule has 0 bridgehead atoms. The molecule has 0 fully saturated rings. The highest BCUT2D eigenvalue weighted by Crippen LogP contribution is 2.38. The van der Waals surface area contributed by atoms with Crippen molar-refractivity contribution in [3.05, 3.63) is 72.1 Å². The van der Waals surface area contributed by atoms with E-state index < -0.39 is 0 Å². The number of para-hydroxylation sites is 2. The highest BCUT2D eigenvalue weighted by atomic mass is 16.5. The number of ether oxygens (including phenoxy) is 1. The summed E-state index contributed by atoms with van der Waals surface area (Å²) >= 11 is 0. The number of fused-ring (bicyclic) bond motifs is 3. The van der Waals surface area contributed by atoms with Crippen molar-refractivity contribution >= 4 is 5.69 Å². The highest BCUT2D eigenvalue weighted by molar-refractivity contribution is 5.67. The van der Waals surface area contributed by atoms with Gasteiger partial charge in [-0.1, -0.05) is 18.2 Å². The van der Waals surface area contributed by atoms with Gasteiger partial charge in [0.1, 0.15) is 0 Å². The third-order valence-electron chi connectivity index (χ3n) is 4.08. The molecule has 3 aromatic rings. The first-order chi connectivity index (χ1) is 10.8. The molecule has 1 unspecified atom stereocenters. The number of benzene rings is 2. The summed E-state index contributed by atoms with van der Waals surface area (Å²) in [5, 5.41) is 13.6. The summed E-state index contributed by atoms with van der Waals surface area (Å²) in [7, 11) is 1.55. The highest BCUT2D eigenvalue weighted by Gasteiger charge is 2.25. The molecule has 4 rings (SSSR count). The SMILES string of the molecule is COc1ccc(C2Nc3ccccc3-n3cccc32)cc1O. The van der Waals surface area contributed by atoms with E-state index in [4.69, 9.17) is 4.74 Å². The molecule has 1 aromatic heterocycles. The summed E-state index contributed by atoms with van der Waals surface area (Å²) in [5.41, 5.74) is 4.35. The molecule has 0 radical (unpaired) electrons. The zero-order valence-electron chi connectivity index (χ0n) is 12.2. The molecular weight excluding hydrogens is 276 g/mol. The predicted octanol–water partition coefficient (Wildman–Crippen LogP) is 3.71. The molecule has 1 aliphatic heterocycles. The normalized spacial score (nSPS) is 15.6. The lowest BCUT2D eigenvalue weighted by molar-refractivity contribution is 0.373. The number of nitrogens with zero attached hydrogens (tertiary/aromatic N) is 1. The van der Waals surface area contributed by atoms with Crippen molar-refractivity contribution in [3.63, 3.8) is 0 Å². The number of methoxy groups -OCH3 is 1. The first-order valence-corrected chi connectivity index (χ1v) is 7.18. The summed E-state index contributed by atoms with van der Waals surface area (Å²) < 4.78 is 7.30. The maximum absolute atomic E-state index is 10.1. The van der Waals surface area contributed by atoms with Crippen LogP contribution in [0.3, 0.4) is 0 Å². The minimum atomic E-state index is -0.0123. The lowest BCUT2D eigenvalue weighted by Crippen LogP contribution is -2.21. The van der Waals surface area contributed by atoms with Gasteiger partial charge in [0.05, 0.1) is 24.5 Å². The van der Waals surface area contributed by atoms with E-state index >= 15 is 0 Å². The van der Waals surface area contributed by atoms with Gasteiger partial charge in [0.25, 0.3) is 0 Å². The summed E-state index contributed by atoms with van der Waals surface area (Å²) in [6.07, 6.45) is 2.06. The third-order valence-corrected chi connectivity index (χ3v) is 4.08. The standard InChI is InChI=1S/C18H16N2O2/c1-22-17-9-8-12(11-16(17)21)18-15-7-4-10-20(15)14-6-3-2-5-13(14)19-18/h2-11,18-19,21H,1H3. The second-order valence-electron chi connectivity index (χ2n) is 5.33. The van der Waals surface area contributed by atoms with Gasteiger partial charge >= 0.3 is 0 Å². The van der Waals surface area contributed by atoms with E-state index in [0.717, 1.165) is 22.6 Å². The topological polar surface area (TPSA) is 46.4 Å². The van der Waals surface area contributed by atoms with Gasteiger partial charge in [0.2, 0.25) is 0 Å². The molecular formula is C18H16N2O2. The number of nitrogens with one attached hydrogen (secondary N) is 1.